The topological polar surface area (TPSA) is 108 Å². The lowest BCUT2D eigenvalue weighted by molar-refractivity contribution is 0.0349. The number of methoxy groups -OCH3 is 4. The Hall–Kier alpha value is -4.60. The van der Waals surface area contributed by atoms with E-state index in [9.17, 15) is 9.59 Å². The number of anilines is 2. The van der Waals surface area contributed by atoms with E-state index in [1.807, 2.05) is 25.1 Å². The van der Waals surface area contributed by atoms with Gasteiger partial charge in [0, 0.05) is 35.4 Å². The van der Waals surface area contributed by atoms with Gasteiger partial charge in [-0.1, -0.05) is 18.2 Å². The Morgan fingerprint density at radius 2 is 1.66 bits per heavy atom. The first-order valence-electron chi connectivity index (χ1n) is 12.0. The summed E-state index contributed by atoms with van der Waals surface area (Å²) in [6, 6.07) is 15.2. The van der Waals surface area contributed by atoms with Crippen LogP contribution in [0.15, 0.2) is 54.6 Å². The molecule has 0 spiro atoms. The second kappa shape index (κ2) is 9.70. The highest BCUT2D eigenvalue weighted by Gasteiger charge is 2.50. The van der Waals surface area contributed by atoms with Crippen molar-refractivity contribution in [3.05, 3.63) is 65.7 Å². The van der Waals surface area contributed by atoms with Crippen LogP contribution in [0.1, 0.15) is 35.3 Å². The molecular formula is C28H29N3O7. The fourth-order valence-corrected chi connectivity index (χ4v) is 5.05. The molecule has 3 amide bonds. The Labute approximate surface area is 220 Å². The molecule has 0 saturated carbocycles. The lowest BCUT2D eigenvalue weighted by atomic mass is 9.89. The first kappa shape index (κ1) is 25.1. The van der Waals surface area contributed by atoms with Gasteiger partial charge in [-0.15, -0.1) is 0 Å². The van der Waals surface area contributed by atoms with Gasteiger partial charge in [0.1, 0.15) is 0 Å². The standard InChI is InChI=1S/C28H29N3O7/c1-28-15-20(19-10-7-11-21(34-2)24(19)38-28)30-27(33)31(28)18-9-6-8-16(12-18)26(32)29-17-13-22(35-3)25(37-5)23(14-17)36-4/h6-14,20H,15H2,1-5H3,(H,29,32)(H,30,33). The third-order valence-electron chi connectivity index (χ3n) is 6.77. The Balaban J connectivity index is 1.45. The minimum absolute atomic E-state index is 0.228. The first-order chi connectivity index (χ1) is 18.3. The molecule has 1 fully saturated rings. The molecule has 3 aromatic carbocycles. The number of rotatable bonds is 7. The number of hydrogen-bond acceptors (Lipinski definition) is 7. The lowest BCUT2D eigenvalue weighted by Gasteiger charge is -2.50. The number of carbonyl (C=O) groups excluding carboxylic acids is 2. The number of fused-ring (bicyclic) bond motifs is 4. The number of hydrogen-bond donors (Lipinski definition) is 2. The summed E-state index contributed by atoms with van der Waals surface area (Å²) in [6.45, 7) is 1.86. The molecule has 2 N–H and O–H groups in total. The van der Waals surface area contributed by atoms with Crippen LogP contribution in [0.5, 0.6) is 28.7 Å². The molecule has 2 aliphatic heterocycles. The molecule has 0 aliphatic carbocycles. The summed E-state index contributed by atoms with van der Waals surface area (Å²) < 4.78 is 28.0. The van der Waals surface area contributed by atoms with Crippen LogP contribution >= 0.6 is 0 Å². The van der Waals surface area contributed by atoms with Gasteiger partial charge in [-0.3, -0.25) is 9.69 Å². The van der Waals surface area contributed by atoms with E-state index in [1.165, 1.54) is 26.2 Å². The molecule has 0 aromatic heterocycles. The van der Waals surface area contributed by atoms with Crippen molar-refractivity contribution in [1.29, 1.82) is 0 Å². The number of nitrogens with one attached hydrogen (secondary N) is 2. The molecule has 1 saturated heterocycles. The number of nitrogens with zero attached hydrogens (tertiary/aromatic N) is 1. The smallest absolute Gasteiger partial charge is 0.325 e. The Morgan fingerprint density at radius 3 is 2.32 bits per heavy atom. The zero-order valence-electron chi connectivity index (χ0n) is 21.8. The molecule has 38 heavy (non-hydrogen) atoms. The molecule has 10 nitrogen and oxygen atoms in total. The molecule has 10 heteroatoms. The fraction of sp³-hybridized carbons (Fsp3) is 0.286. The molecule has 2 unspecified atom stereocenters. The summed E-state index contributed by atoms with van der Waals surface area (Å²) in [7, 11) is 6.09. The zero-order valence-corrected chi connectivity index (χ0v) is 21.8. The predicted octanol–water partition coefficient (Wildman–Crippen LogP) is 4.74. The van der Waals surface area contributed by atoms with Crippen LogP contribution in [0.3, 0.4) is 0 Å². The van der Waals surface area contributed by atoms with Crippen LogP contribution in [0.4, 0.5) is 16.2 Å². The number of ether oxygens (including phenoxy) is 5. The van der Waals surface area contributed by atoms with E-state index >= 15 is 0 Å². The Morgan fingerprint density at radius 1 is 0.974 bits per heavy atom. The van der Waals surface area contributed by atoms with Crippen molar-refractivity contribution in [3.63, 3.8) is 0 Å². The molecule has 5 rings (SSSR count). The van der Waals surface area contributed by atoms with Gasteiger partial charge < -0.3 is 34.3 Å². The Bertz CT molecular complexity index is 1380. The maximum Gasteiger partial charge on any atom is 0.325 e. The largest absolute Gasteiger partial charge is 0.493 e. The summed E-state index contributed by atoms with van der Waals surface area (Å²) in [6.07, 6.45) is 0.515. The van der Waals surface area contributed by atoms with Crippen LogP contribution in [0, 0.1) is 0 Å². The molecule has 0 radical (unpaired) electrons. The number of benzene rings is 3. The molecule has 2 aliphatic rings. The van der Waals surface area contributed by atoms with Gasteiger partial charge in [-0.25, -0.2) is 4.79 Å². The minimum atomic E-state index is -1.000. The second-order valence-corrected chi connectivity index (χ2v) is 9.12. The van der Waals surface area contributed by atoms with Gasteiger partial charge >= 0.3 is 6.03 Å². The highest BCUT2D eigenvalue weighted by molar-refractivity contribution is 6.06. The number of amides is 3. The molecule has 198 valence electrons. The van der Waals surface area contributed by atoms with Gasteiger partial charge in [0.15, 0.2) is 28.7 Å². The zero-order chi connectivity index (χ0) is 27.0. The van der Waals surface area contributed by atoms with Crippen molar-refractivity contribution in [2.75, 3.05) is 38.7 Å². The third-order valence-corrected chi connectivity index (χ3v) is 6.77. The lowest BCUT2D eigenvalue weighted by Crippen LogP contribution is -2.65. The summed E-state index contributed by atoms with van der Waals surface area (Å²) in [5.41, 5.74) is 1.19. The maximum absolute atomic E-state index is 13.3. The van der Waals surface area contributed by atoms with Gasteiger partial charge in [0.25, 0.3) is 5.91 Å². The molecule has 3 aromatic rings. The molecule has 2 atom stereocenters. The first-order valence-corrected chi connectivity index (χ1v) is 12.0. The van der Waals surface area contributed by atoms with E-state index in [-0.39, 0.29) is 18.0 Å². The summed E-state index contributed by atoms with van der Waals surface area (Å²) >= 11 is 0. The monoisotopic (exact) mass is 519 g/mol. The van der Waals surface area contributed by atoms with Crippen molar-refractivity contribution in [2.24, 2.45) is 0 Å². The van der Waals surface area contributed by atoms with E-state index in [4.69, 9.17) is 23.7 Å². The molecule has 2 bridgehead atoms. The fourth-order valence-electron chi connectivity index (χ4n) is 5.05. The number of para-hydroxylation sites is 1. The van der Waals surface area contributed by atoms with Crippen LogP contribution in [-0.2, 0) is 0 Å². The molecule has 2 heterocycles. The third kappa shape index (κ3) is 4.17. The van der Waals surface area contributed by atoms with Crippen LogP contribution in [-0.4, -0.2) is 46.1 Å². The Kier molecular flexibility index (Phi) is 6.40. The highest BCUT2D eigenvalue weighted by Crippen LogP contribution is 2.49. The van der Waals surface area contributed by atoms with Crippen molar-refractivity contribution >= 4 is 23.3 Å². The average Bonchev–Trinajstić information content (AvgIpc) is 2.91. The summed E-state index contributed by atoms with van der Waals surface area (Å²) in [5.74, 6) is 2.05. The van der Waals surface area contributed by atoms with Crippen LogP contribution in [0.2, 0.25) is 0 Å². The van der Waals surface area contributed by atoms with E-state index < -0.39 is 5.72 Å². The molecular weight excluding hydrogens is 490 g/mol. The van der Waals surface area contributed by atoms with E-state index in [1.54, 1.807) is 43.5 Å². The van der Waals surface area contributed by atoms with E-state index in [2.05, 4.69) is 10.6 Å². The quantitative estimate of drug-likeness (QED) is 0.464. The van der Waals surface area contributed by atoms with Crippen molar-refractivity contribution in [2.45, 2.75) is 25.1 Å². The minimum Gasteiger partial charge on any atom is -0.493 e. The number of carbonyl (C=O) groups is 2. The van der Waals surface area contributed by atoms with Crippen LogP contribution in [0.25, 0.3) is 0 Å². The van der Waals surface area contributed by atoms with Gasteiger partial charge in [0.2, 0.25) is 5.75 Å². The summed E-state index contributed by atoms with van der Waals surface area (Å²) in [5, 5.41) is 5.92. The number of urea groups is 1. The maximum atomic E-state index is 13.3. The van der Waals surface area contributed by atoms with Crippen LogP contribution < -0.4 is 39.2 Å². The van der Waals surface area contributed by atoms with E-state index in [0.717, 1.165) is 5.56 Å². The van der Waals surface area contributed by atoms with Crippen molar-refractivity contribution in [1.82, 2.24) is 5.32 Å². The van der Waals surface area contributed by atoms with Crippen molar-refractivity contribution < 1.29 is 33.3 Å². The predicted molar refractivity (Wildman–Crippen MR) is 141 cm³/mol. The normalized spacial score (nSPS) is 19.4. The SMILES string of the molecule is COc1cc(NC(=O)c2cccc(N3C(=O)NC4CC3(C)Oc3c(OC)cccc34)c2)cc(OC)c1OC. The van der Waals surface area contributed by atoms with E-state index in [0.29, 0.717) is 52.1 Å². The average molecular weight is 520 g/mol. The highest BCUT2D eigenvalue weighted by atomic mass is 16.5. The van der Waals surface area contributed by atoms with Gasteiger partial charge in [-0.2, -0.15) is 0 Å². The second-order valence-electron chi connectivity index (χ2n) is 9.12. The van der Waals surface area contributed by atoms with Crippen molar-refractivity contribution in [3.8, 4) is 28.7 Å². The van der Waals surface area contributed by atoms with Gasteiger partial charge in [0.05, 0.1) is 40.2 Å². The summed E-state index contributed by atoms with van der Waals surface area (Å²) in [4.78, 5) is 28.1. The van der Waals surface area contributed by atoms with Gasteiger partial charge in [-0.05, 0) is 31.2 Å².